The summed E-state index contributed by atoms with van der Waals surface area (Å²) in [5.74, 6) is 1.30. The van der Waals surface area contributed by atoms with E-state index in [0.717, 1.165) is 5.69 Å². The maximum atomic E-state index is 12.7. The summed E-state index contributed by atoms with van der Waals surface area (Å²) in [4.78, 5) is 43.6. The summed E-state index contributed by atoms with van der Waals surface area (Å²) in [6.45, 7) is 0.717. The van der Waals surface area contributed by atoms with E-state index in [0.29, 0.717) is 29.5 Å². The first-order valence-corrected chi connectivity index (χ1v) is 10.2. The van der Waals surface area contributed by atoms with Gasteiger partial charge >= 0.3 is 18.1 Å². The number of carbonyl (C=O) groups is 3. The van der Waals surface area contributed by atoms with Gasteiger partial charge in [0.15, 0.2) is 0 Å². The number of aromatic nitrogens is 1. The fourth-order valence-corrected chi connectivity index (χ4v) is 3.23. The van der Waals surface area contributed by atoms with Gasteiger partial charge in [-0.15, -0.1) is 0 Å². The molecule has 6 amide bonds. The number of carbonyl (C=O) groups excluding carboxylic acids is 3. The van der Waals surface area contributed by atoms with E-state index in [1.807, 2.05) is 30.3 Å². The number of rotatable bonds is 5. The van der Waals surface area contributed by atoms with Gasteiger partial charge in [-0.1, -0.05) is 24.3 Å². The van der Waals surface area contributed by atoms with E-state index in [4.69, 9.17) is 4.74 Å². The van der Waals surface area contributed by atoms with Gasteiger partial charge in [-0.25, -0.2) is 24.3 Å². The molecule has 0 saturated carbocycles. The SMILES string of the molecule is CNC(=O)Nc1ccc(Oc2cccc(NC(=O)N3CCN(c4ccccc4)C3=O)c2)cn1. The normalized spacial score (nSPS) is 12.9. The molecule has 0 aliphatic carbocycles. The maximum Gasteiger partial charge on any atom is 0.332 e. The Kier molecular flexibility index (Phi) is 6.35. The highest BCUT2D eigenvalue weighted by Crippen LogP contribution is 2.25. The van der Waals surface area contributed by atoms with Gasteiger partial charge in [-0.2, -0.15) is 0 Å². The maximum absolute atomic E-state index is 12.7. The van der Waals surface area contributed by atoms with Crippen molar-refractivity contribution >= 4 is 35.3 Å². The molecule has 3 aromatic rings. The van der Waals surface area contributed by atoms with Crippen LogP contribution < -0.4 is 25.6 Å². The van der Waals surface area contributed by atoms with Crippen LogP contribution in [0.1, 0.15) is 0 Å². The summed E-state index contributed by atoms with van der Waals surface area (Å²) in [5.41, 5.74) is 1.23. The van der Waals surface area contributed by atoms with E-state index < -0.39 is 6.03 Å². The summed E-state index contributed by atoms with van der Waals surface area (Å²) in [7, 11) is 1.51. The molecule has 1 aromatic heterocycles. The molecular formula is C23H22N6O4. The van der Waals surface area contributed by atoms with E-state index in [-0.39, 0.29) is 18.6 Å². The zero-order chi connectivity index (χ0) is 23.2. The Bertz CT molecular complexity index is 1150. The van der Waals surface area contributed by atoms with Crippen molar-refractivity contribution in [1.82, 2.24) is 15.2 Å². The van der Waals surface area contributed by atoms with Crippen LogP contribution in [0.4, 0.5) is 31.6 Å². The van der Waals surface area contributed by atoms with Crippen LogP contribution in [-0.4, -0.2) is 48.1 Å². The lowest BCUT2D eigenvalue weighted by atomic mass is 10.3. The lowest BCUT2D eigenvalue weighted by Gasteiger charge is -2.18. The third kappa shape index (κ3) is 5.18. The van der Waals surface area contributed by atoms with Crippen LogP contribution in [0.5, 0.6) is 11.5 Å². The van der Waals surface area contributed by atoms with E-state index in [9.17, 15) is 14.4 Å². The quantitative estimate of drug-likeness (QED) is 0.546. The van der Waals surface area contributed by atoms with Gasteiger partial charge < -0.3 is 15.4 Å². The minimum Gasteiger partial charge on any atom is -0.456 e. The molecule has 3 N–H and O–H groups in total. The van der Waals surface area contributed by atoms with Crippen LogP contribution in [-0.2, 0) is 0 Å². The molecule has 0 atom stereocenters. The molecule has 0 spiro atoms. The van der Waals surface area contributed by atoms with Crippen LogP contribution in [0.2, 0.25) is 0 Å². The van der Waals surface area contributed by atoms with Crippen molar-refractivity contribution in [3.63, 3.8) is 0 Å². The molecule has 2 heterocycles. The highest BCUT2D eigenvalue weighted by molar-refractivity contribution is 6.08. The molecular weight excluding hydrogens is 424 g/mol. The Balaban J connectivity index is 1.37. The highest BCUT2D eigenvalue weighted by atomic mass is 16.5. The molecule has 10 heteroatoms. The van der Waals surface area contributed by atoms with Gasteiger partial charge in [0.2, 0.25) is 0 Å². The van der Waals surface area contributed by atoms with Crippen LogP contribution >= 0.6 is 0 Å². The fraction of sp³-hybridized carbons (Fsp3) is 0.130. The van der Waals surface area contributed by atoms with Crippen molar-refractivity contribution in [2.75, 3.05) is 35.7 Å². The zero-order valence-electron chi connectivity index (χ0n) is 17.8. The monoisotopic (exact) mass is 446 g/mol. The first kappa shape index (κ1) is 21.6. The molecule has 33 heavy (non-hydrogen) atoms. The summed E-state index contributed by atoms with van der Waals surface area (Å²) in [5, 5.41) is 7.74. The molecule has 1 aliphatic rings. The molecule has 1 fully saturated rings. The number of pyridine rings is 1. The minimum atomic E-state index is -0.512. The lowest BCUT2D eigenvalue weighted by Crippen LogP contribution is -2.39. The number of amides is 6. The highest BCUT2D eigenvalue weighted by Gasteiger charge is 2.34. The molecule has 168 valence electrons. The van der Waals surface area contributed by atoms with E-state index in [2.05, 4.69) is 20.9 Å². The number of anilines is 3. The number of urea groups is 3. The van der Waals surface area contributed by atoms with Crippen LogP contribution in [0.25, 0.3) is 0 Å². The standard InChI is InChI=1S/C23H22N6O4/c1-24-21(30)27-20-11-10-19(15-25-20)33-18-9-5-6-16(14-18)26-22(31)29-13-12-28(23(29)32)17-7-3-2-4-8-17/h2-11,14-15H,12-13H2,1H3,(H,26,31)(H2,24,25,27,30). The molecule has 10 nitrogen and oxygen atoms in total. The lowest BCUT2D eigenvalue weighted by molar-refractivity contribution is 0.209. The second kappa shape index (κ2) is 9.69. The van der Waals surface area contributed by atoms with Gasteiger partial charge in [0.25, 0.3) is 0 Å². The Morgan fingerprint density at radius 3 is 2.48 bits per heavy atom. The zero-order valence-corrected chi connectivity index (χ0v) is 17.8. The van der Waals surface area contributed by atoms with Crippen molar-refractivity contribution in [2.24, 2.45) is 0 Å². The number of para-hydroxylation sites is 1. The van der Waals surface area contributed by atoms with E-state index in [1.54, 1.807) is 41.3 Å². The fourth-order valence-electron chi connectivity index (χ4n) is 3.23. The van der Waals surface area contributed by atoms with E-state index >= 15 is 0 Å². The first-order valence-electron chi connectivity index (χ1n) is 10.2. The largest absolute Gasteiger partial charge is 0.456 e. The Morgan fingerprint density at radius 2 is 1.76 bits per heavy atom. The van der Waals surface area contributed by atoms with E-state index in [1.165, 1.54) is 18.1 Å². The van der Waals surface area contributed by atoms with Gasteiger partial charge in [0, 0.05) is 31.0 Å². The molecule has 0 unspecified atom stereocenters. The number of benzene rings is 2. The smallest absolute Gasteiger partial charge is 0.332 e. The van der Waals surface area contributed by atoms with Crippen LogP contribution in [0.3, 0.4) is 0 Å². The summed E-state index contributed by atoms with van der Waals surface area (Å²) < 4.78 is 5.78. The molecule has 0 bridgehead atoms. The predicted molar refractivity (Wildman–Crippen MR) is 124 cm³/mol. The number of nitrogens with zero attached hydrogens (tertiary/aromatic N) is 3. The first-order chi connectivity index (χ1) is 16.0. The van der Waals surface area contributed by atoms with Gasteiger partial charge in [0.05, 0.1) is 12.7 Å². The summed E-state index contributed by atoms with van der Waals surface area (Å²) in [6.07, 6.45) is 1.47. The molecule has 0 radical (unpaired) electrons. The topological polar surface area (TPSA) is 116 Å². The van der Waals surface area contributed by atoms with Crippen molar-refractivity contribution in [3.05, 3.63) is 72.9 Å². The second-order valence-electron chi connectivity index (χ2n) is 7.06. The molecule has 4 rings (SSSR count). The van der Waals surface area contributed by atoms with Gasteiger partial charge in [0.1, 0.15) is 17.3 Å². The number of ether oxygens (including phenoxy) is 1. The molecule has 1 saturated heterocycles. The Labute approximate surface area is 190 Å². The van der Waals surface area contributed by atoms with Crippen LogP contribution in [0.15, 0.2) is 72.9 Å². The number of hydrogen-bond acceptors (Lipinski definition) is 5. The molecule has 1 aliphatic heterocycles. The third-order valence-electron chi connectivity index (χ3n) is 4.85. The average Bonchev–Trinajstić information content (AvgIpc) is 3.22. The third-order valence-corrected chi connectivity index (χ3v) is 4.85. The summed E-state index contributed by atoms with van der Waals surface area (Å²) in [6, 6.07) is 18.0. The average molecular weight is 446 g/mol. The predicted octanol–water partition coefficient (Wildman–Crippen LogP) is 4.10. The molecule has 2 aromatic carbocycles. The Morgan fingerprint density at radius 1 is 0.939 bits per heavy atom. The van der Waals surface area contributed by atoms with Crippen molar-refractivity contribution in [2.45, 2.75) is 0 Å². The summed E-state index contributed by atoms with van der Waals surface area (Å²) >= 11 is 0. The second-order valence-corrected chi connectivity index (χ2v) is 7.06. The Hall–Kier alpha value is -4.60. The van der Waals surface area contributed by atoms with Crippen molar-refractivity contribution in [1.29, 1.82) is 0 Å². The number of imide groups is 1. The minimum absolute atomic E-state index is 0.290. The number of nitrogens with one attached hydrogen (secondary N) is 3. The van der Waals surface area contributed by atoms with Crippen LogP contribution in [0, 0.1) is 0 Å². The van der Waals surface area contributed by atoms with Gasteiger partial charge in [-0.3, -0.25) is 10.2 Å². The van der Waals surface area contributed by atoms with Crippen molar-refractivity contribution in [3.8, 4) is 11.5 Å². The van der Waals surface area contributed by atoms with Crippen molar-refractivity contribution < 1.29 is 19.1 Å². The van der Waals surface area contributed by atoms with Gasteiger partial charge in [-0.05, 0) is 36.4 Å². The number of hydrogen-bond donors (Lipinski definition) is 3.